The Balaban J connectivity index is 1.93. The minimum absolute atomic E-state index is 0.180. The molecule has 1 aromatic rings. The van der Waals surface area contributed by atoms with Gasteiger partial charge >= 0.3 is 6.61 Å². The van der Waals surface area contributed by atoms with Gasteiger partial charge in [0.1, 0.15) is 11.5 Å². The van der Waals surface area contributed by atoms with Gasteiger partial charge in [-0.2, -0.15) is 14.0 Å². The topological polar surface area (TPSA) is 109 Å². The molecule has 0 saturated carbocycles. The fourth-order valence-electron chi connectivity index (χ4n) is 3.59. The van der Waals surface area contributed by atoms with Gasteiger partial charge in [-0.1, -0.05) is 6.92 Å². The van der Waals surface area contributed by atoms with E-state index in [4.69, 9.17) is 10.7 Å². The summed E-state index contributed by atoms with van der Waals surface area (Å²) in [5.41, 5.74) is 1.35. The van der Waals surface area contributed by atoms with Crippen molar-refractivity contribution in [2.75, 3.05) is 19.6 Å². The first-order valence-corrected chi connectivity index (χ1v) is 10.1. The number of piperidine rings is 1. The van der Waals surface area contributed by atoms with Crippen LogP contribution in [-0.2, 0) is 0 Å². The maximum Gasteiger partial charge on any atom is 0.387 e. The number of likely N-dealkylation sites (tertiary alicyclic amines) is 1. The minimum atomic E-state index is -3.06. The van der Waals surface area contributed by atoms with Crippen molar-refractivity contribution in [3.8, 4) is 11.8 Å². The molecule has 3 rings (SSSR count). The first kappa shape index (κ1) is 22.4. The lowest BCUT2D eigenvalue weighted by molar-refractivity contribution is -0.0499. The van der Waals surface area contributed by atoms with Crippen molar-refractivity contribution in [3.05, 3.63) is 41.1 Å². The Bertz CT molecular complexity index is 965. The lowest BCUT2D eigenvalue weighted by Gasteiger charge is -2.33. The normalized spacial score (nSPS) is 20.5. The first-order chi connectivity index (χ1) is 14.9. The van der Waals surface area contributed by atoms with Gasteiger partial charge in [0.05, 0.1) is 17.3 Å². The molecule has 3 N–H and O–H groups in total. The predicted molar refractivity (Wildman–Crippen MR) is 115 cm³/mol. The first-order valence-electron chi connectivity index (χ1n) is 10.1. The van der Waals surface area contributed by atoms with E-state index in [1.54, 1.807) is 13.0 Å². The Hall–Kier alpha value is -3.32. The van der Waals surface area contributed by atoms with Gasteiger partial charge in [0.25, 0.3) is 0 Å². The summed E-state index contributed by atoms with van der Waals surface area (Å²) in [6, 6.07) is 6.31. The van der Waals surface area contributed by atoms with E-state index in [2.05, 4.69) is 37.4 Å². The van der Waals surface area contributed by atoms with Crippen LogP contribution in [0.3, 0.4) is 0 Å². The van der Waals surface area contributed by atoms with Crippen molar-refractivity contribution in [2.24, 2.45) is 10.2 Å². The van der Waals surface area contributed by atoms with Crippen molar-refractivity contribution in [1.82, 2.24) is 15.5 Å². The highest BCUT2D eigenvalue weighted by molar-refractivity contribution is 6.19. The van der Waals surface area contributed by atoms with Crippen LogP contribution in [0.25, 0.3) is 0 Å². The molecular formula is C21H25F2N7O. The summed E-state index contributed by atoms with van der Waals surface area (Å²) in [6.45, 7) is 3.60. The third kappa shape index (κ3) is 5.86. The molecule has 2 heterocycles. The van der Waals surface area contributed by atoms with Crippen molar-refractivity contribution >= 4 is 17.4 Å². The van der Waals surface area contributed by atoms with Gasteiger partial charge in [-0.05, 0) is 57.1 Å². The molecule has 1 unspecified atom stereocenters. The highest BCUT2D eigenvalue weighted by Gasteiger charge is 2.25. The monoisotopic (exact) mass is 429 g/mol. The summed E-state index contributed by atoms with van der Waals surface area (Å²) in [5.74, 6) is 0.254. The summed E-state index contributed by atoms with van der Waals surface area (Å²) >= 11 is 0. The molecule has 0 aromatic heterocycles. The summed E-state index contributed by atoms with van der Waals surface area (Å²) in [7, 11) is 0. The van der Waals surface area contributed by atoms with Crippen LogP contribution >= 0.6 is 0 Å². The van der Waals surface area contributed by atoms with Crippen LogP contribution in [0, 0.1) is 16.7 Å². The zero-order chi connectivity index (χ0) is 22.4. The molecule has 1 saturated heterocycles. The third-order valence-electron chi connectivity index (χ3n) is 4.99. The number of ether oxygens (including phenoxy) is 1. The van der Waals surface area contributed by atoms with Crippen LogP contribution in [0.2, 0.25) is 0 Å². The van der Waals surface area contributed by atoms with Gasteiger partial charge in [-0.3, -0.25) is 0 Å². The number of nitriles is 1. The average Bonchev–Trinajstić information content (AvgIpc) is 2.73. The maximum atomic E-state index is 12.9. The summed E-state index contributed by atoms with van der Waals surface area (Å²) in [4.78, 5) is 2.35. The Kier molecular flexibility index (Phi) is 7.31. The Morgan fingerprint density at radius 3 is 2.97 bits per heavy atom. The zero-order valence-corrected chi connectivity index (χ0v) is 17.5. The number of likely N-dealkylation sites (N-methyl/N-ethyl adjacent to an activating group) is 1. The van der Waals surface area contributed by atoms with Crippen molar-refractivity contribution < 1.29 is 13.5 Å². The number of nitrogens with one attached hydrogen (secondary N) is 3. The minimum Gasteiger partial charge on any atom is -0.434 e. The zero-order valence-electron chi connectivity index (χ0n) is 17.5. The van der Waals surface area contributed by atoms with E-state index >= 15 is 0 Å². The number of benzene rings is 1. The highest BCUT2D eigenvalue weighted by Crippen LogP contribution is 2.26. The SMILES string of the molecule is CCN1CCCC(NC2=NN=C(c3ccc(C#N)cc3OC(F)F)/C(=C/C(C)=N)N2)C1. The van der Waals surface area contributed by atoms with Gasteiger partial charge < -0.3 is 25.7 Å². The van der Waals surface area contributed by atoms with E-state index in [0.717, 1.165) is 32.5 Å². The van der Waals surface area contributed by atoms with Gasteiger partial charge in [0.2, 0.25) is 5.96 Å². The molecule has 10 heteroatoms. The molecule has 2 aliphatic heterocycles. The predicted octanol–water partition coefficient (Wildman–Crippen LogP) is 2.82. The van der Waals surface area contributed by atoms with Crippen LogP contribution < -0.4 is 15.4 Å². The number of halogens is 2. The van der Waals surface area contributed by atoms with Gasteiger partial charge in [-0.25, -0.2) is 0 Å². The van der Waals surface area contributed by atoms with Gasteiger partial charge in [0.15, 0.2) is 0 Å². The lowest BCUT2D eigenvalue weighted by atomic mass is 10.0. The van der Waals surface area contributed by atoms with E-state index in [0.29, 0.717) is 11.7 Å². The molecule has 0 aliphatic carbocycles. The van der Waals surface area contributed by atoms with Crippen LogP contribution in [0.1, 0.15) is 37.8 Å². The number of rotatable bonds is 6. The molecule has 164 valence electrons. The van der Waals surface area contributed by atoms with E-state index < -0.39 is 6.61 Å². The smallest absolute Gasteiger partial charge is 0.387 e. The number of hydrogen-bond acceptors (Lipinski definition) is 8. The number of guanidine groups is 1. The van der Waals surface area contributed by atoms with E-state index in [1.807, 2.05) is 6.07 Å². The third-order valence-corrected chi connectivity index (χ3v) is 4.99. The molecule has 8 nitrogen and oxygen atoms in total. The van der Waals surface area contributed by atoms with Crippen LogP contribution in [0.4, 0.5) is 8.78 Å². The fraction of sp³-hybridized carbons (Fsp3) is 0.429. The molecular weight excluding hydrogens is 404 g/mol. The fourth-order valence-corrected chi connectivity index (χ4v) is 3.59. The van der Waals surface area contributed by atoms with Crippen LogP contribution in [-0.4, -0.2) is 54.6 Å². The second-order valence-electron chi connectivity index (χ2n) is 7.34. The van der Waals surface area contributed by atoms with Crippen LogP contribution in [0.5, 0.6) is 5.75 Å². The largest absolute Gasteiger partial charge is 0.434 e. The second kappa shape index (κ2) is 10.1. The Morgan fingerprint density at radius 2 is 2.29 bits per heavy atom. The molecule has 0 spiro atoms. The maximum absolute atomic E-state index is 12.9. The Morgan fingerprint density at radius 1 is 1.48 bits per heavy atom. The Labute approximate surface area is 179 Å². The van der Waals surface area contributed by atoms with Crippen molar-refractivity contribution in [1.29, 1.82) is 10.7 Å². The van der Waals surface area contributed by atoms with Crippen LogP contribution in [0.15, 0.2) is 40.2 Å². The molecule has 1 aromatic carbocycles. The quantitative estimate of drug-likeness (QED) is 0.603. The highest BCUT2D eigenvalue weighted by atomic mass is 19.3. The second-order valence-corrected chi connectivity index (χ2v) is 7.34. The number of nitrogens with zero attached hydrogens (tertiary/aromatic N) is 4. The summed E-state index contributed by atoms with van der Waals surface area (Å²) in [6.07, 6.45) is 3.62. The molecule has 0 amide bonds. The number of allylic oxidation sites excluding steroid dienone is 2. The van der Waals surface area contributed by atoms with E-state index in [-0.39, 0.29) is 34.3 Å². The molecule has 1 fully saturated rings. The molecule has 0 bridgehead atoms. The summed E-state index contributed by atoms with van der Waals surface area (Å²) in [5, 5.41) is 31.8. The van der Waals surface area contributed by atoms with Crippen molar-refractivity contribution in [3.63, 3.8) is 0 Å². The average molecular weight is 429 g/mol. The number of alkyl halides is 2. The molecule has 2 aliphatic rings. The van der Waals surface area contributed by atoms with E-state index in [1.165, 1.54) is 18.2 Å². The van der Waals surface area contributed by atoms with Gasteiger partial charge in [0, 0.05) is 23.9 Å². The molecule has 31 heavy (non-hydrogen) atoms. The molecule has 0 radical (unpaired) electrons. The number of hydrogen-bond donors (Lipinski definition) is 3. The molecule has 1 atom stereocenters. The standard InChI is InChI=1S/C21H25F2N7O/c1-3-30-8-4-5-15(12-30)26-21-27-17(9-13(2)25)19(28-29-21)16-7-6-14(11-24)10-18(16)31-20(22)23/h6-7,9-10,15,20,25H,3-5,8,12H2,1-2H3,(H2,26,27,29)/b17-9-,25-13?. The lowest BCUT2D eigenvalue weighted by Crippen LogP contribution is -2.52. The van der Waals surface area contributed by atoms with Crippen molar-refractivity contribution in [2.45, 2.75) is 39.3 Å². The van der Waals surface area contributed by atoms with E-state index in [9.17, 15) is 8.78 Å². The van der Waals surface area contributed by atoms with Gasteiger partial charge in [-0.15, -0.1) is 10.2 Å². The summed E-state index contributed by atoms with van der Waals surface area (Å²) < 4.78 is 30.5.